The summed E-state index contributed by atoms with van der Waals surface area (Å²) in [6.45, 7) is 1.86. The Labute approximate surface area is 163 Å². The van der Waals surface area contributed by atoms with Crippen molar-refractivity contribution in [3.63, 3.8) is 0 Å². The van der Waals surface area contributed by atoms with Gasteiger partial charge in [-0.05, 0) is 36.8 Å². The Kier molecular flexibility index (Phi) is 3.66. The molecular formula is C18H13ClFN7O. The maximum absolute atomic E-state index is 13.5. The second kappa shape index (κ2) is 6.10. The normalized spacial score (nSPS) is 16.2. The fourth-order valence-electron chi connectivity index (χ4n) is 3.59. The number of hydrogen-bond acceptors (Lipinski definition) is 5. The lowest BCUT2D eigenvalue weighted by Crippen LogP contribution is -2.25. The summed E-state index contributed by atoms with van der Waals surface area (Å²) < 4.78 is 16.6. The Morgan fingerprint density at radius 2 is 2.11 bits per heavy atom. The van der Waals surface area contributed by atoms with Crippen LogP contribution in [0.15, 0.2) is 36.7 Å². The van der Waals surface area contributed by atoms with Crippen LogP contribution in [0.25, 0.3) is 11.5 Å². The SMILES string of the molecule is Cc1nn(-c2ccc3nncn3n2)c2c1[C@H](c1ccc(F)cc1Cl)CC(=O)N2. The number of halogens is 2. The van der Waals surface area contributed by atoms with Crippen molar-refractivity contribution in [3.05, 3.63) is 64.3 Å². The molecule has 5 rings (SSSR count). The van der Waals surface area contributed by atoms with Gasteiger partial charge in [0, 0.05) is 22.9 Å². The van der Waals surface area contributed by atoms with Crippen molar-refractivity contribution in [2.45, 2.75) is 19.3 Å². The van der Waals surface area contributed by atoms with E-state index in [9.17, 15) is 9.18 Å². The predicted molar refractivity (Wildman–Crippen MR) is 99.1 cm³/mol. The van der Waals surface area contributed by atoms with Crippen LogP contribution in [-0.2, 0) is 4.79 Å². The van der Waals surface area contributed by atoms with Gasteiger partial charge in [0.25, 0.3) is 0 Å². The van der Waals surface area contributed by atoms with Gasteiger partial charge in [0.1, 0.15) is 18.0 Å². The van der Waals surface area contributed by atoms with Crippen molar-refractivity contribution in [3.8, 4) is 5.82 Å². The van der Waals surface area contributed by atoms with E-state index < -0.39 is 5.82 Å². The molecule has 0 saturated heterocycles. The molecule has 4 aromatic rings. The van der Waals surface area contributed by atoms with Crippen molar-refractivity contribution in [2.24, 2.45) is 0 Å². The van der Waals surface area contributed by atoms with Crippen molar-refractivity contribution in [2.75, 3.05) is 5.32 Å². The topological polar surface area (TPSA) is 90.0 Å². The molecule has 4 heterocycles. The minimum absolute atomic E-state index is 0.176. The van der Waals surface area contributed by atoms with E-state index in [0.29, 0.717) is 22.8 Å². The van der Waals surface area contributed by atoms with Crippen molar-refractivity contribution < 1.29 is 9.18 Å². The van der Waals surface area contributed by atoms with E-state index in [1.54, 1.807) is 22.9 Å². The van der Waals surface area contributed by atoms with Crippen LogP contribution in [0.4, 0.5) is 10.2 Å². The first-order valence-corrected chi connectivity index (χ1v) is 8.91. The Bertz CT molecular complexity index is 1250. The van der Waals surface area contributed by atoms with E-state index >= 15 is 0 Å². The number of rotatable bonds is 2. The molecule has 1 N–H and O–H groups in total. The molecule has 1 atom stereocenters. The number of carbonyl (C=O) groups is 1. The lowest BCUT2D eigenvalue weighted by atomic mass is 9.86. The summed E-state index contributed by atoms with van der Waals surface area (Å²) in [5.41, 5.74) is 2.84. The van der Waals surface area contributed by atoms with Crippen LogP contribution >= 0.6 is 11.6 Å². The molecule has 0 fully saturated rings. The van der Waals surface area contributed by atoms with Gasteiger partial charge >= 0.3 is 0 Å². The Morgan fingerprint density at radius 3 is 2.93 bits per heavy atom. The van der Waals surface area contributed by atoms with Gasteiger partial charge in [-0.2, -0.15) is 14.3 Å². The molecule has 140 valence electrons. The molecule has 1 aliphatic heterocycles. The number of anilines is 1. The Morgan fingerprint density at radius 1 is 1.25 bits per heavy atom. The summed E-state index contributed by atoms with van der Waals surface area (Å²) in [5, 5.41) is 19.9. The van der Waals surface area contributed by atoms with Crippen LogP contribution in [0.5, 0.6) is 0 Å². The van der Waals surface area contributed by atoms with E-state index in [1.165, 1.54) is 23.0 Å². The van der Waals surface area contributed by atoms with Gasteiger partial charge in [-0.1, -0.05) is 17.7 Å². The van der Waals surface area contributed by atoms with Crippen LogP contribution < -0.4 is 5.32 Å². The third-order valence-electron chi connectivity index (χ3n) is 4.81. The molecule has 0 radical (unpaired) electrons. The first kappa shape index (κ1) is 16.8. The average molecular weight is 398 g/mol. The molecule has 1 aromatic carbocycles. The molecule has 0 aliphatic carbocycles. The smallest absolute Gasteiger partial charge is 0.226 e. The van der Waals surface area contributed by atoms with Crippen LogP contribution in [0.1, 0.15) is 29.2 Å². The van der Waals surface area contributed by atoms with Gasteiger partial charge in [0.15, 0.2) is 11.5 Å². The monoisotopic (exact) mass is 397 g/mol. The van der Waals surface area contributed by atoms with Gasteiger partial charge in [-0.15, -0.1) is 15.3 Å². The molecule has 0 spiro atoms. The van der Waals surface area contributed by atoms with Crippen molar-refractivity contribution in [1.29, 1.82) is 0 Å². The number of aromatic nitrogens is 6. The molecule has 8 nitrogen and oxygen atoms in total. The highest BCUT2D eigenvalue weighted by atomic mass is 35.5. The second-order valence-corrected chi connectivity index (χ2v) is 6.96. The summed E-state index contributed by atoms with van der Waals surface area (Å²) in [5.74, 6) is 0.101. The largest absolute Gasteiger partial charge is 0.310 e. The lowest BCUT2D eigenvalue weighted by molar-refractivity contribution is -0.116. The summed E-state index contributed by atoms with van der Waals surface area (Å²) in [7, 11) is 0. The molecule has 28 heavy (non-hydrogen) atoms. The van der Waals surface area contributed by atoms with Crippen LogP contribution in [0.3, 0.4) is 0 Å². The fourth-order valence-corrected chi connectivity index (χ4v) is 3.89. The standard InChI is InChI=1S/C18H13ClFN7O/c1-9-17-12(11-3-2-10(20)6-13(11)19)7-16(28)22-18(17)27(24-9)15-5-4-14-23-21-8-26(14)25-15/h2-6,8,12H,7H2,1H3,(H,22,28)/t12-/m0/s1. The molecule has 0 unspecified atom stereocenters. The predicted octanol–water partition coefficient (Wildman–Crippen LogP) is 2.89. The fraction of sp³-hybridized carbons (Fsp3) is 0.167. The van der Waals surface area contributed by atoms with E-state index in [1.807, 2.05) is 6.92 Å². The van der Waals surface area contributed by atoms with E-state index in [2.05, 4.69) is 25.7 Å². The second-order valence-electron chi connectivity index (χ2n) is 6.56. The number of amides is 1. The number of benzene rings is 1. The maximum Gasteiger partial charge on any atom is 0.226 e. The lowest BCUT2D eigenvalue weighted by Gasteiger charge is -2.25. The highest BCUT2D eigenvalue weighted by Crippen LogP contribution is 2.42. The van der Waals surface area contributed by atoms with Crippen molar-refractivity contribution in [1.82, 2.24) is 29.6 Å². The third-order valence-corrected chi connectivity index (χ3v) is 5.13. The number of nitrogens with one attached hydrogen (secondary N) is 1. The summed E-state index contributed by atoms with van der Waals surface area (Å²) in [6, 6.07) is 7.72. The number of hydrogen-bond donors (Lipinski definition) is 1. The average Bonchev–Trinajstić information content (AvgIpc) is 3.25. The molecule has 1 amide bonds. The van der Waals surface area contributed by atoms with Gasteiger partial charge in [-0.25, -0.2) is 4.39 Å². The summed E-state index contributed by atoms with van der Waals surface area (Å²) in [6.07, 6.45) is 1.68. The molecule has 0 saturated carbocycles. The number of carbonyl (C=O) groups excluding carboxylic acids is 1. The molecule has 10 heteroatoms. The highest BCUT2D eigenvalue weighted by Gasteiger charge is 2.34. The summed E-state index contributed by atoms with van der Waals surface area (Å²) >= 11 is 6.28. The Hall–Kier alpha value is -3.33. The molecule has 1 aliphatic rings. The van der Waals surface area contributed by atoms with Gasteiger partial charge in [-0.3, -0.25) is 4.79 Å². The number of aryl methyl sites for hydroxylation is 1. The first-order chi connectivity index (χ1) is 13.5. The minimum atomic E-state index is -0.423. The van der Waals surface area contributed by atoms with Gasteiger partial charge < -0.3 is 5.32 Å². The van der Waals surface area contributed by atoms with Crippen LogP contribution in [0, 0.1) is 12.7 Å². The highest BCUT2D eigenvalue weighted by molar-refractivity contribution is 6.31. The van der Waals surface area contributed by atoms with E-state index in [4.69, 9.17) is 11.6 Å². The number of fused-ring (bicyclic) bond motifs is 2. The van der Waals surface area contributed by atoms with Gasteiger partial charge in [0.05, 0.1) is 5.69 Å². The maximum atomic E-state index is 13.5. The number of nitrogens with zero attached hydrogens (tertiary/aromatic N) is 6. The van der Waals surface area contributed by atoms with Gasteiger partial charge in [0.2, 0.25) is 5.91 Å². The van der Waals surface area contributed by atoms with Crippen LogP contribution in [-0.4, -0.2) is 35.5 Å². The zero-order valence-corrected chi connectivity index (χ0v) is 15.4. The minimum Gasteiger partial charge on any atom is -0.310 e. The molecular weight excluding hydrogens is 385 g/mol. The molecule has 0 bridgehead atoms. The zero-order chi connectivity index (χ0) is 19.4. The third kappa shape index (κ3) is 2.55. The van der Waals surface area contributed by atoms with Crippen molar-refractivity contribution >= 4 is 29.0 Å². The molecule has 3 aromatic heterocycles. The van der Waals surface area contributed by atoms with Crippen LogP contribution in [0.2, 0.25) is 5.02 Å². The quantitative estimate of drug-likeness (QED) is 0.561. The van der Waals surface area contributed by atoms with E-state index in [0.717, 1.165) is 11.3 Å². The van der Waals surface area contributed by atoms with E-state index in [-0.39, 0.29) is 23.3 Å². The Balaban J connectivity index is 1.69. The summed E-state index contributed by atoms with van der Waals surface area (Å²) in [4.78, 5) is 12.4. The zero-order valence-electron chi connectivity index (χ0n) is 14.6. The first-order valence-electron chi connectivity index (χ1n) is 8.53.